The molecule has 1 aromatic heterocycles. The number of aryl methyl sites for hydroxylation is 1. The number of likely N-dealkylation sites (tertiary alicyclic amines) is 2. The highest BCUT2D eigenvalue weighted by atomic mass is 16.2. The third-order valence-corrected chi connectivity index (χ3v) is 5.49. The van der Waals surface area contributed by atoms with E-state index in [1.165, 1.54) is 0 Å². The van der Waals surface area contributed by atoms with E-state index in [-0.39, 0.29) is 18.4 Å². The fourth-order valence-corrected chi connectivity index (χ4v) is 4.25. The highest BCUT2D eigenvalue weighted by Crippen LogP contribution is 2.41. The Morgan fingerprint density at radius 3 is 2.70 bits per heavy atom. The second-order valence-electron chi connectivity index (χ2n) is 7.23. The molecule has 3 heterocycles. The Morgan fingerprint density at radius 1 is 1.30 bits per heavy atom. The fraction of sp³-hybridized carbons (Fsp3) is 0.706. The lowest BCUT2D eigenvalue weighted by Gasteiger charge is -2.44. The number of rotatable bonds is 3. The summed E-state index contributed by atoms with van der Waals surface area (Å²) in [6.45, 7) is 3.75. The van der Waals surface area contributed by atoms with E-state index < -0.39 is 5.54 Å². The van der Waals surface area contributed by atoms with Crippen molar-refractivity contribution in [2.45, 2.75) is 63.6 Å². The van der Waals surface area contributed by atoms with Crippen molar-refractivity contribution in [3.05, 3.63) is 18.0 Å². The summed E-state index contributed by atoms with van der Waals surface area (Å²) in [6, 6.07) is 0.436. The van der Waals surface area contributed by atoms with Crippen molar-refractivity contribution >= 4 is 11.8 Å². The molecule has 1 aliphatic carbocycles. The summed E-state index contributed by atoms with van der Waals surface area (Å²) in [5, 5.41) is 4.21. The Balaban J connectivity index is 1.55. The van der Waals surface area contributed by atoms with Crippen molar-refractivity contribution in [3.63, 3.8) is 0 Å². The molecule has 1 unspecified atom stereocenters. The molecule has 6 nitrogen and oxygen atoms in total. The van der Waals surface area contributed by atoms with Crippen molar-refractivity contribution in [2.75, 3.05) is 13.1 Å². The summed E-state index contributed by atoms with van der Waals surface area (Å²) in [5.41, 5.74) is 0.475. The van der Waals surface area contributed by atoms with Crippen LogP contribution in [0.4, 0.5) is 0 Å². The summed E-state index contributed by atoms with van der Waals surface area (Å²) in [4.78, 5) is 29.9. The molecule has 3 fully saturated rings. The van der Waals surface area contributed by atoms with Gasteiger partial charge in [0.15, 0.2) is 0 Å². The lowest BCUT2D eigenvalue weighted by molar-refractivity contribution is -0.156. The molecule has 1 aromatic rings. The Kier molecular flexibility index (Phi) is 3.43. The fourth-order valence-electron chi connectivity index (χ4n) is 4.25. The van der Waals surface area contributed by atoms with Gasteiger partial charge in [-0.25, -0.2) is 0 Å². The minimum atomic E-state index is -0.569. The van der Waals surface area contributed by atoms with E-state index in [1.807, 2.05) is 22.9 Å². The van der Waals surface area contributed by atoms with Crippen LogP contribution in [-0.4, -0.2) is 56.1 Å². The van der Waals surface area contributed by atoms with E-state index in [0.29, 0.717) is 12.6 Å². The molecular formula is C17H24N4O2. The van der Waals surface area contributed by atoms with E-state index in [2.05, 4.69) is 5.10 Å². The van der Waals surface area contributed by atoms with Gasteiger partial charge in [-0.3, -0.25) is 14.3 Å². The summed E-state index contributed by atoms with van der Waals surface area (Å²) in [7, 11) is 0. The molecule has 2 saturated heterocycles. The zero-order chi connectivity index (χ0) is 16.0. The van der Waals surface area contributed by atoms with Gasteiger partial charge in [0.25, 0.3) is 0 Å². The number of hydrogen-bond acceptors (Lipinski definition) is 3. The van der Waals surface area contributed by atoms with Gasteiger partial charge < -0.3 is 9.80 Å². The third-order valence-electron chi connectivity index (χ3n) is 5.49. The van der Waals surface area contributed by atoms with E-state index in [1.54, 1.807) is 10.9 Å². The molecule has 1 atom stereocenters. The molecule has 23 heavy (non-hydrogen) atoms. The van der Waals surface area contributed by atoms with Gasteiger partial charge in [-0.05, 0) is 51.0 Å². The molecular weight excluding hydrogens is 292 g/mol. The third kappa shape index (κ3) is 2.44. The molecule has 124 valence electrons. The summed E-state index contributed by atoms with van der Waals surface area (Å²) in [6.07, 6.45) is 9.46. The van der Waals surface area contributed by atoms with E-state index >= 15 is 0 Å². The van der Waals surface area contributed by atoms with Gasteiger partial charge in [0.05, 0.1) is 6.20 Å². The molecule has 2 amide bonds. The summed E-state index contributed by atoms with van der Waals surface area (Å²) >= 11 is 0. The first-order valence-electron chi connectivity index (χ1n) is 8.71. The Bertz CT molecular complexity index is 636. The average molecular weight is 316 g/mol. The molecule has 4 rings (SSSR count). The molecule has 0 bridgehead atoms. The molecule has 1 saturated carbocycles. The molecule has 0 aromatic carbocycles. The van der Waals surface area contributed by atoms with Gasteiger partial charge in [-0.1, -0.05) is 0 Å². The van der Waals surface area contributed by atoms with Crippen molar-refractivity contribution in [2.24, 2.45) is 0 Å². The Labute approximate surface area is 136 Å². The molecule has 6 heteroatoms. The maximum absolute atomic E-state index is 13.1. The van der Waals surface area contributed by atoms with Crippen molar-refractivity contribution in [1.29, 1.82) is 0 Å². The van der Waals surface area contributed by atoms with Crippen LogP contribution in [0, 0.1) is 6.92 Å². The summed E-state index contributed by atoms with van der Waals surface area (Å²) in [5.74, 6) is 0.227. The highest BCUT2D eigenvalue weighted by Gasteiger charge is 2.54. The first kappa shape index (κ1) is 14.7. The SMILES string of the molecule is Cc1cnn(CC(=O)N2CCCC23CCCN(C2CC2)C3=O)c1. The predicted octanol–water partition coefficient (Wildman–Crippen LogP) is 1.34. The maximum Gasteiger partial charge on any atom is 0.248 e. The zero-order valence-corrected chi connectivity index (χ0v) is 13.7. The number of carbonyl (C=O) groups is 2. The smallest absolute Gasteiger partial charge is 0.248 e. The summed E-state index contributed by atoms with van der Waals surface area (Å²) < 4.78 is 1.68. The van der Waals surface area contributed by atoms with Gasteiger partial charge in [0, 0.05) is 25.3 Å². The monoisotopic (exact) mass is 316 g/mol. The first-order valence-corrected chi connectivity index (χ1v) is 8.71. The largest absolute Gasteiger partial charge is 0.338 e. The van der Waals surface area contributed by atoms with Crippen LogP contribution < -0.4 is 0 Å². The molecule has 1 spiro atoms. The first-order chi connectivity index (χ1) is 11.1. The van der Waals surface area contributed by atoms with Gasteiger partial charge in [0.2, 0.25) is 11.8 Å². The van der Waals surface area contributed by atoms with Crippen LogP contribution in [0.25, 0.3) is 0 Å². The number of aromatic nitrogens is 2. The van der Waals surface area contributed by atoms with Crippen molar-refractivity contribution < 1.29 is 9.59 Å². The number of piperidine rings is 1. The van der Waals surface area contributed by atoms with Gasteiger partial charge in [-0.2, -0.15) is 5.10 Å². The van der Waals surface area contributed by atoms with E-state index in [4.69, 9.17) is 0 Å². The lowest BCUT2D eigenvalue weighted by atomic mass is 9.85. The maximum atomic E-state index is 13.1. The van der Waals surface area contributed by atoms with Crippen LogP contribution in [0.3, 0.4) is 0 Å². The van der Waals surface area contributed by atoms with Crippen LogP contribution in [-0.2, 0) is 16.1 Å². The number of nitrogens with zero attached hydrogens (tertiary/aromatic N) is 4. The zero-order valence-electron chi connectivity index (χ0n) is 13.7. The molecule has 0 N–H and O–H groups in total. The van der Waals surface area contributed by atoms with E-state index in [9.17, 15) is 9.59 Å². The number of hydrogen-bond donors (Lipinski definition) is 0. The van der Waals surface area contributed by atoms with Crippen molar-refractivity contribution in [3.8, 4) is 0 Å². The Morgan fingerprint density at radius 2 is 2.04 bits per heavy atom. The Hall–Kier alpha value is -1.85. The molecule has 2 aliphatic heterocycles. The standard InChI is InChI=1S/C17H24N4O2/c1-13-10-18-19(11-13)12-15(22)21-9-3-7-17(21)6-2-8-20(16(17)23)14-4-5-14/h10-11,14H,2-9,12H2,1H3. The van der Waals surface area contributed by atoms with Crippen LogP contribution >= 0.6 is 0 Å². The van der Waals surface area contributed by atoms with E-state index in [0.717, 1.165) is 50.6 Å². The van der Waals surface area contributed by atoms with Crippen LogP contribution in [0.2, 0.25) is 0 Å². The minimum absolute atomic E-state index is 0.0246. The molecule has 0 radical (unpaired) electrons. The average Bonchev–Trinajstić information content (AvgIpc) is 3.15. The van der Waals surface area contributed by atoms with Gasteiger partial charge in [-0.15, -0.1) is 0 Å². The normalized spacial score (nSPS) is 28.0. The topological polar surface area (TPSA) is 58.4 Å². The second-order valence-corrected chi connectivity index (χ2v) is 7.23. The second kappa shape index (κ2) is 5.35. The minimum Gasteiger partial charge on any atom is -0.338 e. The molecule has 3 aliphatic rings. The predicted molar refractivity (Wildman–Crippen MR) is 84.6 cm³/mol. The van der Waals surface area contributed by atoms with Crippen LogP contribution in [0.15, 0.2) is 12.4 Å². The highest BCUT2D eigenvalue weighted by molar-refractivity contribution is 5.93. The lowest BCUT2D eigenvalue weighted by Crippen LogP contribution is -2.62. The number of amides is 2. The van der Waals surface area contributed by atoms with Gasteiger partial charge in [0.1, 0.15) is 12.1 Å². The van der Waals surface area contributed by atoms with Gasteiger partial charge >= 0.3 is 0 Å². The van der Waals surface area contributed by atoms with Crippen molar-refractivity contribution in [1.82, 2.24) is 19.6 Å². The number of carbonyl (C=O) groups excluding carboxylic acids is 2. The van der Waals surface area contributed by atoms with Crippen LogP contribution in [0.5, 0.6) is 0 Å². The quantitative estimate of drug-likeness (QED) is 0.845. The van der Waals surface area contributed by atoms with Crippen LogP contribution in [0.1, 0.15) is 44.1 Å².